The maximum absolute atomic E-state index is 10.5. The van der Waals surface area contributed by atoms with Crippen LogP contribution in [0.3, 0.4) is 0 Å². The fraction of sp³-hybridized carbons (Fsp3) is 0.917. The summed E-state index contributed by atoms with van der Waals surface area (Å²) in [5.41, 5.74) is 0. The Morgan fingerprint density at radius 3 is 2.35 bits per heavy atom. The van der Waals surface area contributed by atoms with Crippen LogP contribution >= 0.6 is 0 Å². The summed E-state index contributed by atoms with van der Waals surface area (Å²) in [4.78, 5) is 15.1. The van der Waals surface area contributed by atoms with Crippen molar-refractivity contribution in [3.8, 4) is 0 Å². The van der Waals surface area contributed by atoms with Crippen LogP contribution in [0.5, 0.6) is 0 Å². The van der Waals surface area contributed by atoms with Crippen molar-refractivity contribution < 1.29 is 14.6 Å². The van der Waals surface area contributed by atoms with Gasteiger partial charge in [-0.25, -0.2) is 0 Å². The molecule has 2 unspecified atom stereocenters. The normalized spacial score (nSPS) is 22.3. The summed E-state index contributed by atoms with van der Waals surface area (Å²) in [6, 6.07) is 0.418. The molecule has 0 saturated carbocycles. The first-order valence-corrected chi connectivity index (χ1v) is 6.25. The molecule has 5 heteroatoms. The number of carboxylic acids is 1. The van der Waals surface area contributed by atoms with Crippen LogP contribution in [-0.4, -0.2) is 72.9 Å². The fourth-order valence-corrected chi connectivity index (χ4v) is 2.14. The van der Waals surface area contributed by atoms with Crippen molar-refractivity contribution in [3.05, 3.63) is 0 Å². The molecule has 0 radical (unpaired) electrons. The second kappa shape index (κ2) is 6.93. The Hall–Kier alpha value is -0.650. The van der Waals surface area contributed by atoms with Crippen molar-refractivity contribution in [1.82, 2.24) is 9.80 Å². The van der Waals surface area contributed by atoms with Gasteiger partial charge < -0.3 is 14.7 Å². The van der Waals surface area contributed by atoms with E-state index in [1.165, 1.54) is 0 Å². The summed E-state index contributed by atoms with van der Waals surface area (Å²) in [5.74, 6) is -0.714. The van der Waals surface area contributed by atoms with E-state index in [0.29, 0.717) is 12.6 Å². The zero-order chi connectivity index (χ0) is 12.8. The minimum Gasteiger partial charge on any atom is -0.481 e. The number of methoxy groups -OCH3 is 1. The topological polar surface area (TPSA) is 53.0 Å². The summed E-state index contributed by atoms with van der Waals surface area (Å²) in [5, 5.41) is 8.64. The van der Waals surface area contributed by atoms with Crippen molar-refractivity contribution in [3.63, 3.8) is 0 Å². The minimum absolute atomic E-state index is 0.237. The summed E-state index contributed by atoms with van der Waals surface area (Å²) >= 11 is 0. The van der Waals surface area contributed by atoms with Gasteiger partial charge in [0.05, 0.1) is 12.5 Å². The van der Waals surface area contributed by atoms with E-state index in [0.717, 1.165) is 26.2 Å². The molecule has 1 saturated heterocycles. The molecule has 0 bridgehead atoms. The van der Waals surface area contributed by atoms with Crippen molar-refractivity contribution in [2.45, 2.75) is 32.4 Å². The lowest BCUT2D eigenvalue weighted by molar-refractivity contribution is -0.137. The summed E-state index contributed by atoms with van der Waals surface area (Å²) < 4.78 is 5.34. The van der Waals surface area contributed by atoms with Gasteiger partial charge in [-0.2, -0.15) is 0 Å². The van der Waals surface area contributed by atoms with E-state index in [1.54, 1.807) is 7.11 Å². The lowest BCUT2D eigenvalue weighted by Gasteiger charge is -2.39. The average molecular weight is 244 g/mol. The Morgan fingerprint density at radius 2 is 1.88 bits per heavy atom. The Balaban J connectivity index is 2.27. The molecule has 0 aromatic heterocycles. The number of carboxylic acid groups (broad SMARTS) is 1. The minimum atomic E-state index is -0.714. The Bertz CT molecular complexity index is 240. The maximum Gasteiger partial charge on any atom is 0.304 e. The van der Waals surface area contributed by atoms with Gasteiger partial charge in [-0.3, -0.25) is 9.69 Å². The molecule has 0 aromatic carbocycles. The maximum atomic E-state index is 10.5. The molecule has 0 aromatic rings. The highest BCUT2D eigenvalue weighted by molar-refractivity contribution is 5.66. The van der Waals surface area contributed by atoms with Gasteiger partial charge in [-0.15, -0.1) is 0 Å². The summed E-state index contributed by atoms with van der Waals surface area (Å²) in [6.45, 7) is 8.82. The second-order valence-corrected chi connectivity index (χ2v) is 4.70. The van der Waals surface area contributed by atoms with E-state index in [9.17, 15) is 4.79 Å². The molecule has 0 aliphatic carbocycles. The number of ether oxygens (including phenoxy) is 1. The number of nitrogens with zero attached hydrogens (tertiary/aromatic N) is 2. The largest absolute Gasteiger partial charge is 0.481 e. The zero-order valence-corrected chi connectivity index (χ0v) is 11.1. The van der Waals surface area contributed by atoms with E-state index >= 15 is 0 Å². The van der Waals surface area contributed by atoms with E-state index in [4.69, 9.17) is 9.84 Å². The van der Waals surface area contributed by atoms with Gasteiger partial charge in [0.15, 0.2) is 0 Å². The first-order valence-electron chi connectivity index (χ1n) is 6.25. The van der Waals surface area contributed by atoms with E-state index < -0.39 is 5.97 Å². The molecule has 2 atom stereocenters. The van der Waals surface area contributed by atoms with Crippen LogP contribution < -0.4 is 0 Å². The molecule has 0 spiro atoms. The predicted octanol–water partition coefficient (Wildman–Crippen LogP) is 0.502. The quantitative estimate of drug-likeness (QED) is 0.737. The third-order valence-corrected chi connectivity index (χ3v) is 3.68. The molecule has 1 aliphatic rings. The van der Waals surface area contributed by atoms with Gasteiger partial charge in [0, 0.05) is 45.9 Å². The highest BCUT2D eigenvalue weighted by Gasteiger charge is 2.24. The molecule has 1 heterocycles. The number of piperazine rings is 1. The third-order valence-electron chi connectivity index (χ3n) is 3.68. The zero-order valence-electron chi connectivity index (χ0n) is 11.1. The summed E-state index contributed by atoms with van der Waals surface area (Å²) in [7, 11) is 1.74. The van der Waals surface area contributed by atoms with Crippen molar-refractivity contribution >= 4 is 5.97 Å². The van der Waals surface area contributed by atoms with Crippen LogP contribution in [0.1, 0.15) is 20.3 Å². The molecule has 100 valence electrons. The van der Waals surface area contributed by atoms with Crippen LogP contribution in [0.25, 0.3) is 0 Å². The number of rotatable bonds is 6. The van der Waals surface area contributed by atoms with Crippen LogP contribution in [0.2, 0.25) is 0 Å². The van der Waals surface area contributed by atoms with Gasteiger partial charge in [-0.1, -0.05) is 0 Å². The van der Waals surface area contributed by atoms with Gasteiger partial charge in [0.25, 0.3) is 0 Å². The predicted molar refractivity (Wildman–Crippen MR) is 66.2 cm³/mol. The molecule has 1 aliphatic heterocycles. The lowest BCUT2D eigenvalue weighted by atomic mass is 10.1. The second-order valence-electron chi connectivity index (χ2n) is 4.70. The molecule has 17 heavy (non-hydrogen) atoms. The fourth-order valence-electron chi connectivity index (χ4n) is 2.14. The monoisotopic (exact) mass is 244 g/mol. The first kappa shape index (κ1) is 14.4. The molecule has 5 nitrogen and oxygen atoms in total. The van der Waals surface area contributed by atoms with E-state index in [1.807, 2.05) is 0 Å². The molecule has 1 N–H and O–H groups in total. The standard InChI is InChI=1S/C12H24N2O3/c1-10(11(2)17-3)14-8-6-13(7-9-14)5-4-12(15)16/h10-11H,4-9H2,1-3H3,(H,15,16). The Kier molecular flexibility index (Phi) is 5.88. The number of hydrogen-bond acceptors (Lipinski definition) is 4. The number of carbonyl (C=O) groups is 1. The SMILES string of the molecule is COC(C)C(C)N1CCN(CCC(=O)O)CC1. The smallest absolute Gasteiger partial charge is 0.304 e. The van der Waals surface area contributed by atoms with Crippen LogP contribution in [0.15, 0.2) is 0 Å². The molecular weight excluding hydrogens is 220 g/mol. The Morgan fingerprint density at radius 1 is 1.29 bits per heavy atom. The molecule has 1 rings (SSSR count). The highest BCUT2D eigenvalue weighted by Crippen LogP contribution is 2.11. The van der Waals surface area contributed by atoms with Crippen LogP contribution in [-0.2, 0) is 9.53 Å². The van der Waals surface area contributed by atoms with Gasteiger partial charge in [-0.05, 0) is 13.8 Å². The first-order chi connectivity index (χ1) is 8.04. The highest BCUT2D eigenvalue weighted by atomic mass is 16.5. The third kappa shape index (κ3) is 4.61. The molecule has 1 fully saturated rings. The van der Waals surface area contributed by atoms with Crippen molar-refractivity contribution in [2.24, 2.45) is 0 Å². The molecular formula is C12H24N2O3. The van der Waals surface area contributed by atoms with Gasteiger partial charge >= 0.3 is 5.97 Å². The molecule has 0 amide bonds. The van der Waals surface area contributed by atoms with Crippen molar-refractivity contribution in [2.75, 3.05) is 39.8 Å². The van der Waals surface area contributed by atoms with Crippen LogP contribution in [0, 0.1) is 0 Å². The number of hydrogen-bond donors (Lipinski definition) is 1. The summed E-state index contributed by atoms with van der Waals surface area (Å²) in [6.07, 6.45) is 0.477. The van der Waals surface area contributed by atoms with Crippen molar-refractivity contribution in [1.29, 1.82) is 0 Å². The van der Waals surface area contributed by atoms with Gasteiger partial charge in [0.1, 0.15) is 0 Å². The number of aliphatic carboxylic acids is 1. The average Bonchev–Trinajstić information content (AvgIpc) is 2.35. The van der Waals surface area contributed by atoms with E-state index in [2.05, 4.69) is 23.6 Å². The van der Waals surface area contributed by atoms with E-state index in [-0.39, 0.29) is 12.5 Å². The Labute approximate surface area is 103 Å². The lowest BCUT2D eigenvalue weighted by Crippen LogP contribution is -2.52. The van der Waals surface area contributed by atoms with Crippen LogP contribution in [0.4, 0.5) is 0 Å². The van der Waals surface area contributed by atoms with Gasteiger partial charge in [0.2, 0.25) is 0 Å².